The fourth-order valence-corrected chi connectivity index (χ4v) is 5.16. The summed E-state index contributed by atoms with van der Waals surface area (Å²) in [6.07, 6.45) is 4.25. The van der Waals surface area contributed by atoms with E-state index in [2.05, 4.69) is 11.6 Å². The Morgan fingerprint density at radius 2 is 1.72 bits per heavy atom. The fourth-order valence-electron chi connectivity index (χ4n) is 3.87. The van der Waals surface area contributed by atoms with Crippen LogP contribution in [0.5, 0.6) is 0 Å². The average Bonchev–Trinajstić information content (AvgIpc) is 2.73. The van der Waals surface area contributed by atoms with E-state index in [4.69, 9.17) is 0 Å². The van der Waals surface area contributed by atoms with E-state index >= 15 is 0 Å². The first-order valence-corrected chi connectivity index (χ1v) is 11.7. The molecule has 0 aromatic heterocycles. The lowest BCUT2D eigenvalue weighted by Gasteiger charge is -2.33. The molecule has 2 aromatic carbocycles. The van der Waals surface area contributed by atoms with Crippen molar-refractivity contribution in [3.63, 3.8) is 0 Å². The molecule has 1 aliphatic rings. The Kier molecular flexibility index (Phi) is 6.75. The van der Waals surface area contributed by atoms with Gasteiger partial charge in [0.1, 0.15) is 0 Å². The molecule has 0 heterocycles. The Balaban J connectivity index is 1.77. The standard InChI is InChI=1S/C23H30N2O3S/c1-17-9-13-21(14-10-17)25(3)23(26)20-12-11-18(2)22(15-20)29(27,28)24-16-19-7-5-4-6-8-19/h4-8,11-12,15,17,21,24H,9-10,13-14,16H2,1-3H3. The van der Waals surface area contributed by atoms with Gasteiger partial charge in [0, 0.05) is 25.2 Å². The average molecular weight is 415 g/mol. The van der Waals surface area contributed by atoms with Crippen molar-refractivity contribution in [3.8, 4) is 0 Å². The van der Waals surface area contributed by atoms with Crippen molar-refractivity contribution in [1.82, 2.24) is 9.62 Å². The van der Waals surface area contributed by atoms with Crippen molar-refractivity contribution in [1.29, 1.82) is 0 Å². The fraction of sp³-hybridized carbons (Fsp3) is 0.435. The Morgan fingerprint density at radius 1 is 1.07 bits per heavy atom. The van der Waals surface area contributed by atoms with Gasteiger partial charge in [-0.25, -0.2) is 13.1 Å². The van der Waals surface area contributed by atoms with Gasteiger partial charge in [0.05, 0.1) is 4.90 Å². The Morgan fingerprint density at radius 3 is 2.38 bits per heavy atom. The summed E-state index contributed by atoms with van der Waals surface area (Å²) in [7, 11) is -1.90. The molecule has 0 atom stereocenters. The summed E-state index contributed by atoms with van der Waals surface area (Å²) in [6, 6.07) is 14.5. The van der Waals surface area contributed by atoms with Crippen LogP contribution < -0.4 is 4.72 Å². The van der Waals surface area contributed by atoms with E-state index in [9.17, 15) is 13.2 Å². The number of hydrogen-bond donors (Lipinski definition) is 1. The number of carbonyl (C=O) groups excluding carboxylic acids is 1. The zero-order valence-electron chi connectivity index (χ0n) is 17.4. The van der Waals surface area contributed by atoms with E-state index in [1.807, 2.05) is 37.4 Å². The highest BCUT2D eigenvalue weighted by Gasteiger charge is 2.26. The second-order valence-electron chi connectivity index (χ2n) is 8.12. The Bertz CT molecular complexity index is 949. The maximum absolute atomic E-state index is 13.0. The van der Waals surface area contributed by atoms with Crippen molar-refractivity contribution >= 4 is 15.9 Å². The topological polar surface area (TPSA) is 66.5 Å². The molecular formula is C23H30N2O3S. The van der Waals surface area contributed by atoms with Crippen LogP contribution in [0.2, 0.25) is 0 Å². The number of amides is 1. The second-order valence-corrected chi connectivity index (χ2v) is 9.86. The number of aryl methyl sites for hydroxylation is 1. The summed E-state index contributed by atoms with van der Waals surface area (Å²) in [4.78, 5) is 14.9. The van der Waals surface area contributed by atoms with E-state index in [-0.39, 0.29) is 23.4 Å². The lowest BCUT2D eigenvalue weighted by Crippen LogP contribution is -2.39. The van der Waals surface area contributed by atoms with Crippen LogP contribution in [0.25, 0.3) is 0 Å². The van der Waals surface area contributed by atoms with E-state index in [1.54, 1.807) is 24.0 Å². The van der Waals surface area contributed by atoms with Gasteiger partial charge in [0.25, 0.3) is 5.91 Å². The van der Waals surface area contributed by atoms with Crippen LogP contribution in [0, 0.1) is 12.8 Å². The number of carbonyl (C=O) groups is 1. The highest BCUT2D eigenvalue weighted by molar-refractivity contribution is 7.89. The molecule has 5 nitrogen and oxygen atoms in total. The molecule has 1 N–H and O–H groups in total. The number of sulfonamides is 1. The van der Waals surface area contributed by atoms with Gasteiger partial charge in [-0.3, -0.25) is 4.79 Å². The first-order chi connectivity index (χ1) is 13.8. The minimum absolute atomic E-state index is 0.121. The van der Waals surface area contributed by atoms with Crippen LogP contribution in [0.4, 0.5) is 0 Å². The molecule has 3 rings (SSSR count). The van der Waals surface area contributed by atoms with E-state index in [0.29, 0.717) is 17.0 Å². The zero-order chi connectivity index (χ0) is 21.0. The predicted octanol–water partition coefficient (Wildman–Crippen LogP) is 4.12. The predicted molar refractivity (Wildman–Crippen MR) is 115 cm³/mol. The molecule has 6 heteroatoms. The minimum Gasteiger partial charge on any atom is -0.339 e. The van der Waals surface area contributed by atoms with Crippen LogP contribution in [0.3, 0.4) is 0 Å². The molecule has 0 bridgehead atoms. The van der Waals surface area contributed by atoms with Gasteiger partial charge in [-0.1, -0.05) is 43.3 Å². The smallest absolute Gasteiger partial charge is 0.253 e. The number of hydrogen-bond acceptors (Lipinski definition) is 3. The second kappa shape index (κ2) is 9.09. The summed E-state index contributed by atoms with van der Waals surface area (Å²) < 4.78 is 28.4. The number of benzene rings is 2. The van der Waals surface area contributed by atoms with Gasteiger partial charge in [-0.15, -0.1) is 0 Å². The molecule has 1 fully saturated rings. The number of nitrogens with zero attached hydrogens (tertiary/aromatic N) is 1. The lowest BCUT2D eigenvalue weighted by atomic mass is 9.86. The SMILES string of the molecule is Cc1ccc(C(=O)N(C)C2CCC(C)CC2)cc1S(=O)(=O)NCc1ccccc1. The first-order valence-electron chi connectivity index (χ1n) is 10.2. The van der Waals surface area contributed by atoms with E-state index in [0.717, 1.165) is 31.2 Å². The summed E-state index contributed by atoms with van der Waals surface area (Å²) in [6.45, 7) is 4.20. The maximum Gasteiger partial charge on any atom is 0.253 e. The molecule has 0 unspecified atom stereocenters. The molecule has 0 saturated heterocycles. The van der Waals surface area contributed by atoms with Gasteiger partial charge < -0.3 is 4.90 Å². The van der Waals surface area contributed by atoms with Crippen LogP contribution in [0.15, 0.2) is 53.4 Å². The monoisotopic (exact) mass is 414 g/mol. The van der Waals surface area contributed by atoms with Gasteiger partial charge in [-0.2, -0.15) is 0 Å². The van der Waals surface area contributed by atoms with Crippen LogP contribution in [-0.2, 0) is 16.6 Å². The summed E-state index contributed by atoms with van der Waals surface area (Å²) in [5.41, 5.74) is 1.92. The first kappa shape index (κ1) is 21.5. The molecule has 156 valence electrons. The van der Waals surface area contributed by atoms with E-state index in [1.165, 1.54) is 6.07 Å². The van der Waals surface area contributed by atoms with Crippen molar-refractivity contribution in [3.05, 3.63) is 65.2 Å². The van der Waals surface area contributed by atoms with Gasteiger partial charge >= 0.3 is 0 Å². The summed E-state index contributed by atoms with van der Waals surface area (Å²) in [5.74, 6) is 0.589. The van der Waals surface area contributed by atoms with E-state index < -0.39 is 10.0 Å². The normalized spacial score (nSPS) is 19.7. The third kappa shape index (κ3) is 5.25. The van der Waals surface area contributed by atoms with Crippen molar-refractivity contribution in [2.75, 3.05) is 7.05 Å². The lowest BCUT2D eigenvalue weighted by molar-refractivity contribution is 0.0679. The van der Waals surface area contributed by atoms with Gasteiger partial charge in [0.15, 0.2) is 0 Å². The zero-order valence-corrected chi connectivity index (χ0v) is 18.2. The highest BCUT2D eigenvalue weighted by atomic mass is 32.2. The molecule has 1 amide bonds. The molecule has 1 saturated carbocycles. The molecule has 1 aliphatic carbocycles. The van der Waals surface area contributed by atoms with Crippen LogP contribution in [-0.4, -0.2) is 32.3 Å². The number of nitrogens with one attached hydrogen (secondary N) is 1. The molecular weight excluding hydrogens is 384 g/mol. The molecule has 2 aromatic rings. The largest absolute Gasteiger partial charge is 0.339 e. The van der Waals surface area contributed by atoms with Crippen molar-refractivity contribution in [2.45, 2.75) is 57.0 Å². The minimum atomic E-state index is -3.72. The van der Waals surface area contributed by atoms with Gasteiger partial charge in [0.2, 0.25) is 10.0 Å². The Hall–Kier alpha value is -2.18. The highest BCUT2D eigenvalue weighted by Crippen LogP contribution is 2.28. The maximum atomic E-state index is 13.0. The van der Waals surface area contributed by atoms with Crippen LogP contribution in [0.1, 0.15) is 54.1 Å². The van der Waals surface area contributed by atoms with Crippen molar-refractivity contribution in [2.24, 2.45) is 5.92 Å². The quantitative estimate of drug-likeness (QED) is 0.773. The molecule has 0 aliphatic heterocycles. The summed E-state index contributed by atoms with van der Waals surface area (Å²) in [5, 5.41) is 0. The third-order valence-corrected chi connectivity index (χ3v) is 7.43. The molecule has 0 spiro atoms. The number of rotatable bonds is 6. The molecule has 29 heavy (non-hydrogen) atoms. The van der Waals surface area contributed by atoms with Crippen LogP contribution >= 0.6 is 0 Å². The third-order valence-electron chi connectivity index (χ3n) is 5.89. The van der Waals surface area contributed by atoms with Crippen molar-refractivity contribution < 1.29 is 13.2 Å². The van der Waals surface area contributed by atoms with Gasteiger partial charge in [-0.05, 0) is 61.8 Å². The Labute approximate surface area is 174 Å². The molecule has 0 radical (unpaired) electrons. The summed E-state index contributed by atoms with van der Waals surface area (Å²) >= 11 is 0.